The van der Waals surface area contributed by atoms with Crippen molar-refractivity contribution >= 4 is 0 Å². The number of rotatable bonds is 4. The van der Waals surface area contributed by atoms with Gasteiger partial charge in [0.1, 0.15) is 0 Å². The van der Waals surface area contributed by atoms with Crippen molar-refractivity contribution in [3.05, 3.63) is 12.4 Å². The van der Waals surface area contributed by atoms with E-state index in [4.69, 9.17) is 0 Å². The summed E-state index contributed by atoms with van der Waals surface area (Å²) in [5, 5.41) is 3.50. The smallest absolute Gasteiger partial charge is 0.0941 e. The molecule has 0 bridgehead atoms. The van der Waals surface area contributed by atoms with Crippen LogP contribution in [-0.2, 0) is 0 Å². The van der Waals surface area contributed by atoms with Crippen LogP contribution >= 0.6 is 0 Å². The predicted octanol–water partition coefficient (Wildman–Crippen LogP) is 2.58. The van der Waals surface area contributed by atoms with E-state index in [0.29, 0.717) is 17.4 Å². The van der Waals surface area contributed by atoms with E-state index in [-0.39, 0.29) is 0 Å². The van der Waals surface area contributed by atoms with Gasteiger partial charge in [-0.15, -0.1) is 0 Å². The van der Waals surface area contributed by atoms with Gasteiger partial charge in [-0.2, -0.15) is 0 Å². The van der Waals surface area contributed by atoms with Gasteiger partial charge < -0.3 is 10.2 Å². The van der Waals surface area contributed by atoms with Crippen molar-refractivity contribution in [2.24, 2.45) is 11.3 Å². The van der Waals surface area contributed by atoms with Gasteiger partial charge in [-0.1, -0.05) is 26.8 Å². The van der Waals surface area contributed by atoms with Gasteiger partial charge in [-0.3, -0.25) is 0 Å². The van der Waals surface area contributed by atoms with E-state index in [1.54, 1.807) is 0 Å². The lowest BCUT2D eigenvalue weighted by Crippen LogP contribution is -2.60. The summed E-state index contributed by atoms with van der Waals surface area (Å²) in [6.07, 6.45) is 4.32. The van der Waals surface area contributed by atoms with Crippen LogP contribution in [0.3, 0.4) is 0 Å². The first-order chi connectivity index (χ1) is 7.02. The maximum atomic E-state index is 4.14. The number of likely N-dealkylation sites (tertiary alicyclic amines) is 1. The molecule has 1 N–H and O–H groups in total. The maximum Gasteiger partial charge on any atom is 0.0941 e. The second kappa shape index (κ2) is 3.73. The van der Waals surface area contributed by atoms with Crippen LogP contribution in [0.2, 0.25) is 0 Å². The minimum absolute atomic E-state index is 0.524. The van der Waals surface area contributed by atoms with Gasteiger partial charge >= 0.3 is 0 Å². The van der Waals surface area contributed by atoms with Gasteiger partial charge in [-0.05, 0) is 25.7 Å². The van der Waals surface area contributed by atoms with Crippen LogP contribution in [0.1, 0.15) is 40.0 Å². The quantitative estimate of drug-likeness (QED) is 0.764. The summed E-state index contributed by atoms with van der Waals surface area (Å²) >= 11 is 0. The lowest BCUT2D eigenvalue weighted by molar-refractivity contribution is -0.0432. The summed E-state index contributed by atoms with van der Waals surface area (Å²) in [6.45, 7) is 13.3. The number of hydrogen-bond donors (Lipinski definition) is 1. The van der Waals surface area contributed by atoms with Crippen molar-refractivity contribution in [3.63, 3.8) is 0 Å². The summed E-state index contributed by atoms with van der Waals surface area (Å²) in [7, 11) is 0. The van der Waals surface area contributed by atoms with Gasteiger partial charge in [0.15, 0.2) is 0 Å². The van der Waals surface area contributed by atoms with Crippen LogP contribution in [0.25, 0.3) is 0 Å². The minimum atomic E-state index is 0.524. The summed E-state index contributed by atoms with van der Waals surface area (Å²) < 4.78 is 0. The van der Waals surface area contributed by atoms with Crippen molar-refractivity contribution in [1.29, 1.82) is 0 Å². The largest absolute Gasteiger partial charge is 0.370 e. The monoisotopic (exact) mass is 208 g/mol. The topological polar surface area (TPSA) is 15.3 Å². The molecule has 1 aliphatic heterocycles. The highest BCUT2D eigenvalue weighted by Gasteiger charge is 2.47. The standard InChI is InChI=1S/C13H24N2/c1-10(2)11(3)14-12(4)15-8-13(9-15)6-5-7-13/h10-11,14H,4-9H2,1-3H3/t11-/m1/s1. The van der Waals surface area contributed by atoms with E-state index in [9.17, 15) is 0 Å². The van der Waals surface area contributed by atoms with Crippen LogP contribution in [-0.4, -0.2) is 24.0 Å². The van der Waals surface area contributed by atoms with E-state index in [2.05, 4.69) is 37.6 Å². The molecule has 1 saturated heterocycles. The molecular weight excluding hydrogens is 184 g/mol. The summed E-state index contributed by atoms with van der Waals surface area (Å²) in [6, 6.07) is 0.524. The molecule has 0 aromatic heterocycles. The van der Waals surface area contributed by atoms with Gasteiger partial charge in [-0.25, -0.2) is 0 Å². The fourth-order valence-corrected chi connectivity index (χ4v) is 2.47. The number of nitrogens with zero attached hydrogens (tertiary/aromatic N) is 1. The maximum absolute atomic E-state index is 4.14. The lowest BCUT2D eigenvalue weighted by Gasteiger charge is -2.57. The molecule has 1 saturated carbocycles. The molecule has 15 heavy (non-hydrogen) atoms. The zero-order valence-corrected chi connectivity index (χ0v) is 10.3. The molecule has 1 spiro atoms. The SMILES string of the molecule is C=C(N[C@H](C)C(C)C)N1CC2(CCC2)C1. The van der Waals surface area contributed by atoms with Crippen LogP contribution in [0.15, 0.2) is 12.4 Å². The molecule has 2 aliphatic rings. The van der Waals surface area contributed by atoms with E-state index in [1.165, 1.54) is 32.4 Å². The average molecular weight is 208 g/mol. The molecule has 1 aliphatic carbocycles. The molecule has 86 valence electrons. The normalized spacial score (nSPS) is 24.7. The van der Waals surface area contributed by atoms with Gasteiger partial charge in [0.2, 0.25) is 0 Å². The van der Waals surface area contributed by atoms with E-state index in [1.807, 2.05) is 0 Å². The van der Waals surface area contributed by atoms with E-state index < -0.39 is 0 Å². The van der Waals surface area contributed by atoms with Crippen molar-refractivity contribution in [1.82, 2.24) is 10.2 Å². The van der Waals surface area contributed by atoms with Gasteiger partial charge in [0.05, 0.1) is 5.82 Å². The molecule has 0 aromatic rings. The molecule has 1 heterocycles. The minimum Gasteiger partial charge on any atom is -0.370 e. The molecule has 0 unspecified atom stereocenters. The van der Waals surface area contributed by atoms with Crippen molar-refractivity contribution in [3.8, 4) is 0 Å². The number of nitrogens with one attached hydrogen (secondary N) is 1. The Morgan fingerprint density at radius 1 is 1.27 bits per heavy atom. The highest BCUT2D eigenvalue weighted by atomic mass is 15.3. The summed E-state index contributed by atoms with van der Waals surface area (Å²) in [5.41, 5.74) is 0.700. The Labute approximate surface area is 93.7 Å². The predicted molar refractivity (Wildman–Crippen MR) is 64.4 cm³/mol. The molecule has 2 fully saturated rings. The van der Waals surface area contributed by atoms with Crippen LogP contribution in [0.5, 0.6) is 0 Å². The Hall–Kier alpha value is -0.660. The summed E-state index contributed by atoms with van der Waals surface area (Å²) in [4.78, 5) is 2.40. The molecular formula is C13H24N2. The third kappa shape index (κ3) is 1.99. The third-order valence-corrected chi connectivity index (χ3v) is 4.24. The Morgan fingerprint density at radius 2 is 1.87 bits per heavy atom. The Kier molecular flexibility index (Phi) is 2.70. The fourth-order valence-electron chi connectivity index (χ4n) is 2.47. The Morgan fingerprint density at radius 3 is 2.27 bits per heavy atom. The van der Waals surface area contributed by atoms with Crippen molar-refractivity contribution in [2.75, 3.05) is 13.1 Å². The Balaban J connectivity index is 1.74. The first-order valence-electron chi connectivity index (χ1n) is 6.23. The van der Waals surface area contributed by atoms with Gasteiger partial charge in [0, 0.05) is 24.5 Å². The first kappa shape index (κ1) is 10.8. The molecule has 0 aromatic carbocycles. The van der Waals surface area contributed by atoms with E-state index >= 15 is 0 Å². The zero-order valence-electron chi connectivity index (χ0n) is 10.3. The molecule has 1 atom stereocenters. The third-order valence-electron chi connectivity index (χ3n) is 4.24. The lowest BCUT2D eigenvalue weighted by atomic mass is 9.63. The van der Waals surface area contributed by atoms with Crippen LogP contribution in [0.4, 0.5) is 0 Å². The van der Waals surface area contributed by atoms with Crippen LogP contribution in [0, 0.1) is 11.3 Å². The first-order valence-corrected chi connectivity index (χ1v) is 6.23. The highest BCUT2D eigenvalue weighted by Crippen LogP contribution is 2.48. The van der Waals surface area contributed by atoms with Gasteiger partial charge in [0.25, 0.3) is 0 Å². The highest BCUT2D eigenvalue weighted by molar-refractivity contribution is 5.08. The van der Waals surface area contributed by atoms with Crippen LogP contribution < -0.4 is 5.32 Å². The second-order valence-electron chi connectivity index (χ2n) is 5.83. The molecule has 2 rings (SSSR count). The number of hydrogen-bond acceptors (Lipinski definition) is 2. The Bertz CT molecular complexity index is 245. The fraction of sp³-hybridized carbons (Fsp3) is 0.846. The molecule has 2 nitrogen and oxygen atoms in total. The second-order valence-corrected chi connectivity index (χ2v) is 5.83. The van der Waals surface area contributed by atoms with Crippen molar-refractivity contribution in [2.45, 2.75) is 46.1 Å². The molecule has 0 amide bonds. The van der Waals surface area contributed by atoms with E-state index in [0.717, 1.165) is 5.82 Å². The molecule has 2 heteroatoms. The average Bonchev–Trinajstić information content (AvgIpc) is 1.98. The molecule has 0 radical (unpaired) electrons. The summed E-state index contributed by atoms with van der Waals surface area (Å²) in [5.74, 6) is 1.80. The zero-order chi connectivity index (χ0) is 11.1. The van der Waals surface area contributed by atoms with Crippen molar-refractivity contribution < 1.29 is 0 Å².